The largest absolute Gasteiger partial charge is 0.483 e. The maximum atomic E-state index is 12.5. The van der Waals surface area contributed by atoms with E-state index in [2.05, 4.69) is 30.7 Å². The summed E-state index contributed by atoms with van der Waals surface area (Å²) in [5.74, 6) is 0.786. The zero-order valence-electron chi connectivity index (χ0n) is 18.1. The van der Waals surface area contributed by atoms with Crippen LogP contribution in [0.4, 0.5) is 0 Å². The van der Waals surface area contributed by atoms with Crippen LogP contribution in [0.25, 0.3) is 0 Å². The number of nitrogens with zero attached hydrogens (tertiary/aromatic N) is 2. The smallest absolute Gasteiger partial charge is 0.290 e. The Balaban J connectivity index is 0.000000913. The van der Waals surface area contributed by atoms with Gasteiger partial charge in [-0.3, -0.25) is 24.4 Å². The van der Waals surface area contributed by atoms with Gasteiger partial charge >= 0.3 is 0 Å². The van der Waals surface area contributed by atoms with Gasteiger partial charge in [0.2, 0.25) is 5.91 Å². The van der Waals surface area contributed by atoms with Gasteiger partial charge < -0.3 is 20.7 Å². The summed E-state index contributed by atoms with van der Waals surface area (Å²) < 4.78 is 0. The number of aromatic amines is 2. The van der Waals surface area contributed by atoms with E-state index in [4.69, 9.17) is 9.90 Å². The lowest BCUT2D eigenvalue weighted by molar-refractivity contribution is -0.123. The third kappa shape index (κ3) is 7.23. The summed E-state index contributed by atoms with van der Waals surface area (Å²) in [6, 6.07) is 6.09. The van der Waals surface area contributed by atoms with Crippen molar-refractivity contribution >= 4 is 18.3 Å². The predicted octanol–water partition coefficient (Wildman–Crippen LogP) is 1.16. The van der Waals surface area contributed by atoms with Crippen molar-refractivity contribution in [3.05, 3.63) is 42.0 Å². The Morgan fingerprint density at radius 3 is 2.62 bits per heavy atom. The Kier molecular flexibility index (Phi) is 8.85. The van der Waals surface area contributed by atoms with Crippen molar-refractivity contribution in [2.45, 2.75) is 50.6 Å². The second-order valence-electron chi connectivity index (χ2n) is 8.31. The van der Waals surface area contributed by atoms with E-state index in [1.54, 1.807) is 18.5 Å². The van der Waals surface area contributed by atoms with Crippen molar-refractivity contribution in [3.63, 3.8) is 0 Å². The first-order valence-corrected chi connectivity index (χ1v) is 11.1. The third-order valence-corrected chi connectivity index (χ3v) is 5.97. The maximum absolute atomic E-state index is 12.5. The van der Waals surface area contributed by atoms with Crippen molar-refractivity contribution in [2.24, 2.45) is 5.92 Å². The Bertz CT molecular complexity index is 835. The Morgan fingerprint density at radius 1 is 1.19 bits per heavy atom. The second kappa shape index (κ2) is 12.0. The fourth-order valence-corrected chi connectivity index (χ4v) is 4.17. The third-order valence-electron chi connectivity index (χ3n) is 5.97. The quantitative estimate of drug-likeness (QED) is 0.348. The molecule has 5 N–H and O–H groups in total. The highest BCUT2D eigenvalue weighted by Gasteiger charge is 2.38. The van der Waals surface area contributed by atoms with Crippen LogP contribution >= 0.6 is 0 Å². The molecule has 2 aromatic rings. The first kappa shape index (κ1) is 23.5. The van der Waals surface area contributed by atoms with Gasteiger partial charge in [-0.15, -0.1) is 0 Å². The van der Waals surface area contributed by atoms with Crippen molar-refractivity contribution < 1.29 is 19.5 Å². The normalized spacial score (nSPS) is 20.2. The number of aromatic nitrogens is 3. The molecule has 2 atom stereocenters. The molecule has 3 heterocycles. The molecule has 10 heteroatoms. The predicted molar refractivity (Wildman–Crippen MR) is 118 cm³/mol. The van der Waals surface area contributed by atoms with Gasteiger partial charge in [-0.25, -0.2) is 0 Å². The van der Waals surface area contributed by atoms with Crippen LogP contribution in [0.2, 0.25) is 0 Å². The van der Waals surface area contributed by atoms with Gasteiger partial charge in [0.25, 0.3) is 12.4 Å². The lowest BCUT2D eigenvalue weighted by atomic mass is 10.1. The SMILES string of the molecule is O=C(C[C@H]1CC[C@@H](CNC(=O)c2ccc[nH]2)N1CC1CC1)NCCc1ccn[nH]1.O=CO. The highest BCUT2D eigenvalue weighted by atomic mass is 16.3. The minimum atomic E-state index is -0.250. The van der Waals surface area contributed by atoms with Crippen molar-refractivity contribution in [1.29, 1.82) is 0 Å². The van der Waals surface area contributed by atoms with E-state index in [9.17, 15) is 9.59 Å². The van der Waals surface area contributed by atoms with Crippen LogP contribution in [0, 0.1) is 5.92 Å². The van der Waals surface area contributed by atoms with Gasteiger partial charge in [-0.2, -0.15) is 5.10 Å². The molecule has 2 aromatic heterocycles. The second-order valence-corrected chi connectivity index (χ2v) is 8.31. The zero-order valence-corrected chi connectivity index (χ0v) is 18.1. The van der Waals surface area contributed by atoms with Crippen LogP contribution in [0.1, 0.15) is 48.3 Å². The molecule has 2 amide bonds. The Morgan fingerprint density at radius 2 is 1.97 bits per heavy atom. The number of nitrogens with one attached hydrogen (secondary N) is 4. The number of amides is 2. The molecule has 1 aliphatic carbocycles. The number of likely N-dealkylation sites (tertiary alicyclic amines) is 1. The average molecular weight is 445 g/mol. The van der Waals surface area contributed by atoms with Crippen LogP contribution in [-0.4, -0.2) is 75.2 Å². The molecule has 1 saturated carbocycles. The van der Waals surface area contributed by atoms with Gasteiger partial charge in [0.15, 0.2) is 0 Å². The summed E-state index contributed by atoms with van der Waals surface area (Å²) in [5.41, 5.74) is 1.62. The highest BCUT2D eigenvalue weighted by molar-refractivity contribution is 5.92. The standard InChI is InChI=1S/C21H30N6O2.CH2O2/c28-20(23-10-7-16-8-11-25-26-16)12-17-5-6-18(27(17)14-15-3-4-15)13-24-21(29)19-2-1-9-22-19;2-1-3/h1-2,8-9,11,15,17-18,22H,3-7,10,12-14H2,(H,23,28)(H,24,29)(H,25,26);1H,(H,2,3)/t17-,18+;/m1./s1. The molecule has 1 aliphatic heterocycles. The molecule has 0 radical (unpaired) electrons. The van der Waals surface area contributed by atoms with E-state index in [0.29, 0.717) is 31.2 Å². The highest BCUT2D eigenvalue weighted by Crippen LogP contribution is 2.35. The minimum Gasteiger partial charge on any atom is -0.483 e. The molecule has 0 bridgehead atoms. The summed E-state index contributed by atoms with van der Waals surface area (Å²) in [6.07, 6.45) is 9.34. The van der Waals surface area contributed by atoms with Crippen LogP contribution in [0.3, 0.4) is 0 Å². The van der Waals surface area contributed by atoms with Crippen molar-refractivity contribution in [2.75, 3.05) is 19.6 Å². The Labute approximate surface area is 187 Å². The molecule has 4 rings (SSSR count). The molecule has 2 aliphatic rings. The molecule has 2 fully saturated rings. The number of H-pyrrole nitrogens is 2. The zero-order chi connectivity index (χ0) is 22.8. The number of carbonyl (C=O) groups excluding carboxylic acids is 2. The van der Waals surface area contributed by atoms with Crippen LogP contribution in [-0.2, 0) is 16.0 Å². The van der Waals surface area contributed by atoms with Gasteiger partial charge in [0, 0.05) is 62.6 Å². The number of rotatable bonds is 10. The number of hydrogen-bond donors (Lipinski definition) is 5. The molecule has 10 nitrogen and oxygen atoms in total. The number of hydrogen-bond acceptors (Lipinski definition) is 5. The minimum absolute atomic E-state index is 0.0682. The van der Waals surface area contributed by atoms with Gasteiger partial charge in [-0.05, 0) is 49.8 Å². The van der Waals surface area contributed by atoms with E-state index in [0.717, 1.165) is 37.4 Å². The first-order chi connectivity index (χ1) is 15.6. The summed E-state index contributed by atoms with van der Waals surface area (Å²) >= 11 is 0. The fraction of sp³-hybridized carbons (Fsp3) is 0.545. The van der Waals surface area contributed by atoms with E-state index >= 15 is 0 Å². The summed E-state index contributed by atoms with van der Waals surface area (Å²) in [6.45, 7) is 2.03. The monoisotopic (exact) mass is 444 g/mol. The van der Waals surface area contributed by atoms with Gasteiger partial charge in [0.1, 0.15) is 5.69 Å². The average Bonchev–Trinajstić information content (AvgIpc) is 3.18. The van der Waals surface area contributed by atoms with E-state index in [1.165, 1.54) is 12.8 Å². The van der Waals surface area contributed by atoms with E-state index < -0.39 is 0 Å². The summed E-state index contributed by atoms with van der Waals surface area (Å²) in [4.78, 5) is 38.5. The van der Waals surface area contributed by atoms with E-state index in [1.807, 2.05) is 12.1 Å². The fourth-order valence-electron chi connectivity index (χ4n) is 4.17. The summed E-state index contributed by atoms with van der Waals surface area (Å²) in [7, 11) is 0. The molecule has 0 spiro atoms. The van der Waals surface area contributed by atoms with E-state index in [-0.39, 0.29) is 24.3 Å². The Hall–Kier alpha value is -3.14. The number of carboxylic acid groups (broad SMARTS) is 1. The van der Waals surface area contributed by atoms with Crippen molar-refractivity contribution in [3.8, 4) is 0 Å². The molecular weight excluding hydrogens is 412 g/mol. The maximum Gasteiger partial charge on any atom is 0.290 e. The summed E-state index contributed by atoms with van der Waals surface area (Å²) in [5, 5.41) is 19.8. The van der Waals surface area contributed by atoms with Crippen molar-refractivity contribution in [1.82, 2.24) is 30.7 Å². The van der Waals surface area contributed by atoms with Gasteiger partial charge in [0.05, 0.1) is 0 Å². The van der Waals surface area contributed by atoms with Crippen LogP contribution in [0.5, 0.6) is 0 Å². The number of carbonyl (C=O) groups is 3. The van der Waals surface area contributed by atoms with Crippen LogP contribution < -0.4 is 10.6 Å². The molecule has 174 valence electrons. The lowest BCUT2D eigenvalue weighted by Gasteiger charge is -2.30. The van der Waals surface area contributed by atoms with Crippen LogP contribution in [0.15, 0.2) is 30.6 Å². The molecule has 1 saturated heterocycles. The molecule has 32 heavy (non-hydrogen) atoms. The molecule has 0 unspecified atom stereocenters. The lowest BCUT2D eigenvalue weighted by Crippen LogP contribution is -2.45. The first-order valence-electron chi connectivity index (χ1n) is 11.1. The van der Waals surface area contributed by atoms with Gasteiger partial charge in [-0.1, -0.05) is 0 Å². The molecule has 0 aromatic carbocycles. The molecular formula is C22H32N6O4. The topological polar surface area (TPSA) is 143 Å².